The molecule has 0 unspecified atom stereocenters. The van der Waals surface area contributed by atoms with Crippen molar-refractivity contribution in [2.45, 2.75) is 51.7 Å². The molecule has 0 radical (unpaired) electrons. The van der Waals surface area contributed by atoms with Gasteiger partial charge in [0.15, 0.2) is 0 Å². The van der Waals surface area contributed by atoms with Gasteiger partial charge in [-0.25, -0.2) is 5.06 Å². The fourth-order valence-electron chi connectivity index (χ4n) is 4.27. The molecular weight excluding hydrogens is 502 g/mol. The first-order chi connectivity index (χ1) is 19.7. The van der Waals surface area contributed by atoms with Crippen LogP contribution in [0.2, 0.25) is 0 Å². The Morgan fingerprint density at radius 2 is 0.975 bits per heavy atom. The minimum atomic E-state index is -0.532. The average Bonchev–Trinajstić information content (AvgIpc) is 3.02. The lowest BCUT2D eigenvalue weighted by atomic mass is 10.1. The fourth-order valence-corrected chi connectivity index (χ4v) is 4.27. The summed E-state index contributed by atoms with van der Waals surface area (Å²) in [5, 5.41) is 1.28. The normalized spacial score (nSPS) is 13.3. The predicted molar refractivity (Wildman–Crippen MR) is 155 cm³/mol. The van der Waals surface area contributed by atoms with Crippen LogP contribution in [-0.4, -0.2) is 36.3 Å². The molecule has 0 saturated heterocycles. The monoisotopic (exact) mass is 539 g/mol. The van der Waals surface area contributed by atoms with Crippen molar-refractivity contribution in [3.05, 3.63) is 144 Å². The van der Waals surface area contributed by atoms with Crippen molar-refractivity contribution in [3.8, 4) is 0 Å². The van der Waals surface area contributed by atoms with Crippen molar-refractivity contribution >= 4 is 6.41 Å². The van der Waals surface area contributed by atoms with E-state index in [0.29, 0.717) is 26.2 Å². The summed E-state index contributed by atoms with van der Waals surface area (Å²) in [4.78, 5) is 18.0. The SMILES string of the molecule is C[C@@H](OCc1ccccc1)[C@@H](OCc1ccccc1)[C@H](CN(C=O)OCc1ccccc1)OCc1ccccc1. The van der Waals surface area contributed by atoms with Crippen LogP contribution in [0.4, 0.5) is 0 Å². The maximum absolute atomic E-state index is 12.1. The van der Waals surface area contributed by atoms with Crippen LogP contribution in [-0.2, 0) is 50.3 Å². The van der Waals surface area contributed by atoms with Crippen LogP contribution < -0.4 is 0 Å². The van der Waals surface area contributed by atoms with Gasteiger partial charge in [0.2, 0.25) is 6.41 Å². The molecule has 3 atom stereocenters. The van der Waals surface area contributed by atoms with Crippen LogP contribution in [0.3, 0.4) is 0 Å². The molecular formula is C34H37NO5. The van der Waals surface area contributed by atoms with E-state index in [9.17, 15) is 4.79 Å². The van der Waals surface area contributed by atoms with Gasteiger partial charge in [-0.1, -0.05) is 121 Å². The highest BCUT2D eigenvalue weighted by molar-refractivity contribution is 5.45. The van der Waals surface area contributed by atoms with Gasteiger partial charge in [-0.3, -0.25) is 9.63 Å². The zero-order valence-corrected chi connectivity index (χ0v) is 22.9. The Labute approximate surface area is 237 Å². The highest BCUT2D eigenvalue weighted by Crippen LogP contribution is 2.20. The van der Waals surface area contributed by atoms with E-state index in [2.05, 4.69) is 0 Å². The van der Waals surface area contributed by atoms with Gasteiger partial charge >= 0.3 is 0 Å². The van der Waals surface area contributed by atoms with E-state index in [1.54, 1.807) is 0 Å². The molecule has 6 nitrogen and oxygen atoms in total. The van der Waals surface area contributed by atoms with E-state index in [1.807, 2.05) is 128 Å². The lowest BCUT2D eigenvalue weighted by molar-refractivity contribution is -0.207. The molecule has 208 valence electrons. The van der Waals surface area contributed by atoms with Crippen LogP contribution in [0, 0.1) is 0 Å². The average molecular weight is 540 g/mol. The Morgan fingerprint density at radius 1 is 0.575 bits per heavy atom. The van der Waals surface area contributed by atoms with E-state index in [0.717, 1.165) is 22.3 Å². The topological polar surface area (TPSA) is 57.2 Å². The Hall–Kier alpha value is -3.81. The highest BCUT2D eigenvalue weighted by atomic mass is 16.7. The minimum absolute atomic E-state index is 0.168. The van der Waals surface area contributed by atoms with Gasteiger partial charge in [-0.2, -0.15) is 0 Å². The van der Waals surface area contributed by atoms with E-state index >= 15 is 0 Å². The molecule has 0 saturated carbocycles. The second kappa shape index (κ2) is 16.3. The van der Waals surface area contributed by atoms with Gasteiger partial charge in [0.25, 0.3) is 0 Å². The number of amides is 1. The first-order valence-electron chi connectivity index (χ1n) is 13.6. The summed E-state index contributed by atoms with van der Waals surface area (Å²) < 4.78 is 19.2. The largest absolute Gasteiger partial charge is 0.371 e. The lowest BCUT2D eigenvalue weighted by Gasteiger charge is -2.34. The zero-order valence-electron chi connectivity index (χ0n) is 22.9. The van der Waals surface area contributed by atoms with Crippen LogP contribution in [0.25, 0.3) is 0 Å². The number of benzene rings is 4. The molecule has 6 heteroatoms. The van der Waals surface area contributed by atoms with Crippen molar-refractivity contribution in [2.24, 2.45) is 0 Å². The Balaban J connectivity index is 1.52. The molecule has 0 aliphatic carbocycles. The fraction of sp³-hybridized carbons (Fsp3) is 0.265. The van der Waals surface area contributed by atoms with E-state index in [-0.39, 0.29) is 19.3 Å². The first kappa shape index (κ1) is 29.2. The van der Waals surface area contributed by atoms with Crippen LogP contribution >= 0.6 is 0 Å². The molecule has 0 heterocycles. The van der Waals surface area contributed by atoms with Crippen molar-refractivity contribution in [1.82, 2.24) is 5.06 Å². The van der Waals surface area contributed by atoms with Crippen LogP contribution in [0.5, 0.6) is 0 Å². The zero-order chi connectivity index (χ0) is 27.8. The Morgan fingerprint density at radius 3 is 1.43 bits per heavy atom. The molecule has 0 bridgehead atoms. The Kier molecular flexibility index (Phi) is 11.9. The summed E-state index contributed by atoms with van der Waals surface area (Å²) >= 11 is 0. The summed E-state index contributed by atoms with van der Waals surface area (Å²) in [7, 11) is 0. The van der Waals surface area contributed by atoms with E-state index in [1.165, 1.54) is 5.06 Å². The smallest absolute Gasteiger partial charge is 0.233 e. The van der Waals surface area contributed by atoms with E-state index in [4.69, 9.17) is 19.0 Å². The van der Waals surface area contributed by atoms with Gasteiger partial charge in [-0.15, -0.1) is 0 Å². The second-order valence-corrected chi connectivity index (χ2v) is 9.56. The summed E-state index contributed by atoms with van der Waals surface area (Å²) in [5.41, 5.74) is 4.10. The molecule has 0 aliphatic rings. The first-order valence-corrected chi connectivity index (χ1v) is 13.6. The lowest BCUT2D eigenvalue weighted by Crippen LogP contribution is -2.47. The predicted octanol–water partition coefficient (Wildman–Crippen LogP) is 6.35. The number of carbonyl (C=O) groups excluding carboxylic acids is 1. The molecule has 4 rings (SSSR count). The van der Waals surface area contributed by atoms with Crippen molar-refractivity contribution in [1.29, 1.82) is 0 Å². The van der Waals surface area contributed by atoms with Gasteiger partial charge < -0.3 is 14.2 Å². The summed E-state index contributed by atoms with van der Waals surface area (Å²) in [6.45, 7) is 3.57. The number of ether oxygens (including phenoxy) is 3. The molecule has 0 N–H and O–H groups in total. The van der Waals surface area contributed by atoms with Gasteiger partial charge in [-0.05, 0) is 29.2 Å². The number of carbonyl (C=O) groups is 1. The second-order valence-electron chi connectivity index (χ2n) is 9.56. The maximum atomic E-state index is 12.1. The molecule has 4 aromatic carbocycles. The summed E-state index contributed by atoms with van der Waals surface area (Å²) in [6, 6.07) is 39.7. The number of rotatable bonds is 17. The van der Waals surface area contributed by atoms with Gasteiger partial charge in [0.05, 0.1) is 32.5 Å². The molecule has 1 amide bonds. The van der Waals surface area contributed by atoms with Crippen molar-refractivity contribution < 1.29 is 23.8 Å². The highest BCUT2D eigenvalue weighted by Gasteiger charge is 2.32. The minimum Gasteiger partial charge on any atom is -0.371 e. The summed E-state index contributed by atoms with van der Waals surface area (Å²) in [5.74, 6) is 0. The molecule has 0 spiro atoms. The van der Waals surface area contributed by atoms with Gasteiger partial charge in [0, 0.05) is 0 Å². The standard InChI is InChI=1S/C34H37NO5/c1-28(37-23-29-14-6-2-7-15-29)34(39-25-31-18-10-4-11-19-31)33(38-24-30-16-8-3-9-17-30)22-35(27-36)40-26-32-20-12-5-13-21-32/h2-21,27-28,33-34H,22-26H2,1H3/t28-,33+,34-/m1/s1. The van der Waals surface area contributed by atoms with Crippen molar-refractivity contribution in [3.63, 3.8) is 0 Å². The number of nitrogens with zero attached hydrogens (tertiary/aromatic N) is 1. The third-order valence-electron chi connectivity index (χ3n) is 6.49. The molecule has 0 aliphatic heterocycles. The number of hydrogen-bond donors (Lipinski definition) is 0. The van der Waals surface area contributed by atoms with Crippen molar-refractivity contribution in [2.75, 3.05) is 6.54 Å². The number of hydrogen-bond acceptors (Lipinski definition) is 5. The molecule has 4 aromatic rings. The summed E-state index contributed by atoms with van der Waals surface area (Å²) in [6.07, 6.45) is -0.677. The Bertz CT molecular complexity index is 1220. The van der Waals surface area contributed by atoms with Crippen LogP contribution in [0.15, 0.2) is 121 Å². The molecule has 0 aromatic heterocycles. The quantitative estimate of drug-likeness (QED) is 0.116. The maximum Gasteiger partial charge on any atom is 0.233 e. The van der Waals surface area contributed by atoms with Crippen LogP contribution in [0.1, 0.15) is 29.2 Å². The van der Waals surface area contributed by atoms with E-state index < -0.39 is 12.2 Å². The molecule has 40 heavy (non-hydrogen) atoms. The number of hydroxylamine groups is 2. The third-order valence-corrected chi connectivity index (χ3v) is 6.49. The molecule has 0 fully saturated rings. The third kappa shape index (κ3) is 9.74. The van der Waals surface area contributed by atoms with Gasteiger partial charge in [0.1, 0.15) is 18.8 Å².